The standard InChI is InChI=1S/C22H32N4O3/c1-16(2)22-23-9-12-26(22)14-17-7-10-25(11-8-17)15-21(27)24-19-13-18(28-3)5-6-20(19)29-4/h5-6,9,12-13,16-17H,7-8,10-11,14-15H2,1-4H3,(H,24,27). The van der Waals surface area contributed by atoms with E-state index in [-0.39, 0.29) is 5.91 Å². The molecule has 1 aliphatic rings. The summed E-state index contributed by atoms with van der Waals surface area (Å²) < 4.78 is 12.9. The number of benzene rings is 1. The summed E-state index contributed by atoms with van der Waals surface area (Å²) in [5.74, 6) is 3.48. The summed E-state index contributed by atoms with van der Waals surface area (Å²) in [7, 11) is 3.19. The van der Waals surface area contributed by atoms with E-state index < -0.39 is 0 Å². The zero-order chi connectivity index (χ0) is 20.8. The Labute approximate surface area is 173 Å². The van der Waals surface area contributed by atoms with Gasteiger partial charge >= 0.3 is 0 Å². The lowest BCUT2D eigenvalue weighted by molar-refractivity contribution is -0.117. The first-order valence-corrected chi connectivity index (χ1v) is 10.3. The van der Waals surface area contributed by atoms with E-state index in [0.717, 1.165) is 38.3 Å². The van der Waals surface area contributed by atoms with Gasteiger partial charge in [0.25, 0.3) is 0 Å². The molecule has 0 radical (unpaired) electrons. The van der Waals surface area contributed by atoms with Crippen molar-refractivity contribution in [3.8, 4) is 11.5 Å². The number of likely N-dealkylation sites (tertiary alicyclic amines) is 1. The number of carbonyl (C=O) groups excluding carboxylic acids is 1. The number of aromatic nitrogens is 2. The van der Waals surface area contributed by atoms with E-state index in [1.807, 2.05) is 12.3 Å². The van der Waals surface area contributed by atoms with Crippen molar-refractivity contribution in [1.82, 2.24) is 14.5 Å². The molecule has 0 unspecified atom stereocenters. The number of hydrogen-bond donors (Lipinski definition) is 1. The van der Waals surface area contributed by atoms with Crippen molar-refractivity contribution < 1.29 is 14.3 Å². The average Bonchev–Trinajstić information content (AvgIpc) is 3.18. The molecule has 29 heavy (non-hydrogen) atoms. The lowest BCUT2D eigenvalue weighted by Crippen LogP contribution is -2.40. The zero-order valence-electron chi connectivity index (χ0n) is 17.9. The van der Waals surface area contributed by atoms with Gasteiger partial charge in [0.2, 0.25) is 5.91 Å². The largest absolute Gasteiger partial charge is 0.497 e. The van der Waals surface area contributed by atoms with Gasteiger partial charge in [-0.3, -0.25) is 9.69 Å². The highest BCUT2D eigenvalue weighted by Gasteiger charge is 2.22. The first-order valence-electron chi connectivity index (χ1n) is 10.3. The second kappa shape index (κ2) is 9.78. The molecule has 1 aromatic carbocycles. The van der Waals surface area contributed by atoms with Crippen molar-refractivity contribution in [2.24, 2.45) is 5.92 Å². The van der Waals surface area contributed by atoms with Crippen molar-refractivity contribution in [2.45, 2.75) is 39.2 Å². The fraction of sp³-hybridized carbons (Fsp3) is 0.545. The quantitative estimate of drug-likeness (QED) is 0.736. The number of rotatable bonds is 8. The average molecular weight is 401 g/mol. The number of methoxy groups -OCH3 is 2. The smallest absolute Gasteiger partial charge is 0.238 e. The van der Waals surface area contributed by atoms with E-state index in [4.69, 9.17) is 9.47 Å². The van der Waals surface area contributed by atoms with Crippen LogP contribution in [0.5, 0.6) is 11.5 Å². The van der Waals surface area contributed by atoms with E-state index in [1.54, 1.807) is 26.4 Å². The predicted molar refractivity (Wildman–Crippen MR) is 114 cm³/mol. The summed E-state index contributed by atoms with van der Waals surface area (Å²) >= 11 is 0. The van der Waals surface area contributed by atoms with Gasteiger partial charge in [-0.1, -0.05) is 13.8 Å². The van der Waals surface area contributed by atoms with Crippen molar-refractivity contribution in [3.63, 3.8) is 0 Å². The lowest BCUT2D eigenvalue weighted by Gasteiger charge is -2.32. The normalized spacial score (nSPS) is 15.5. The molecular formula is C22H32N4O3. The first-order chi connectivity index (χ1) is 14.0. The van der Waals surface area contributed by atoms with Crippen LogP contribution in [0.15, 0.2) is 30.6 Å². The number of anilines is 1. The maximum Gasteiger partial charge on any atom is 0.238 e. The van der Waals surface area contributed by atoms with Gasteiger partial charge < -0.3 is 19.4 Å². The molecule has 1 saturated heterocycles. The highest BCUT2D eigenvalue weighted by atomic mass is 16.5. The summed E-state index contributed by atoms with van der Waals surface area (Å²) in [6.45, 7) is 7.61. The third-order valence-corrected chi connectivity index (χ3v) is 5.47. The van der Waals surface area contributed by atoms with Crippen LogP contribution in [0.4, 0.5) is 5.69 Å². The van der Waals surface area contributed by atoms with Gasteiger partial charge in [-0.05, 0) is 44.0 Å². The van der Waals surface area contributed by atoms with Crippen LogP contribution >= 0.6 is 0 Å². The molecule has 1 aromatic heterocycles. The fourth-order valence-electron chi connectivity index (χ4n) is 3.89. The number of nitrogens with zero attached hydrogens (tertiary/aromatic N) is 3. The van der Waals surface area contributed by atoms with Crippen molar-refractivity contribution in [2.75, 3.05) is 39.2 Å². The number of piperidine rings is 1. The van der Waals surface area contributed by atoms with Crippen LogP contribution < -0.4 is 14.8 Å². The van der Waals surface area contributed by atoms with E-state index >= 15 is 0 Å². The molecule has 0 atom stereocenters. The topological polar surface area (TPSA) is 68.6 Å². The van der Waals surface area contributed by atoms with Gasteiger partial charge in [0.15, 0.2) is 0 Å². The summed E-state index contributed by atoms with van der Waals surface area (Å²) in [6.07, 6.45) is 6.15. The molecule has 2 heterocycles. The van der Waals surface area contributed by atoms with Gasteiger partial charge in [-0.2, -0.15) is 0 Å². The molecule has 1 fully saturated rings. The first kappa shape index (κ1) is 21.2. The molecule has 7 nitrogen and oxygen atoms in total. The lowest BCUT2D eigenvalue weighted by atomic mass is 9.96. The van der Waals surface area contributed by atoms with Gasteiger partial charge in [-0.25, -0.2) is 4.98 Å². The van der Waals surface area contributed by atoms with E-state index in [0.29, 0.717) is 35.6 Å². The molecule has 0 saturated carbocycles. The third-order valence-electron chi connectivity index (χ3n) is 5.47. The highest BCUT2D eigenvalue weighted by molar-refractivity contribution is 5.94. The molecular weight excluding hydrogens is 368 g/mol. The van der Waals surface area contributed by atoms with E-state index in [2.05, 4.69) is 39.8 Å². The Bertz CT molecular complexity index is 810. The minimum atomic E-state index is -0.0355. The molecule has 0 bridgehead atoms. The van der Waals surface area contributed by atoms with Gasteiger partial charge in [0.1, 0.15) is 17.3 Å². The van der Waals surface area contributed by atoms with Crippen LogP contribution in [0.25, 0.3) is 0 Å². The summed E-state index contributed by atoms with van der Waals surface area (Å²) in [4.78, 5) is 19.2. The maximum atomic E-state index is 12.5. The molecule has 0 aliphatic carbocycles. The van der Waals surface area contributed by atoms with Crippen molar-refractivity contribution in [3.05, 3.63) is 36.4 Å². The Balaban J connectivity index is 1.49. The van der Waals surface area contributed by atoms with Crippen LogP contribution in [0.2, 0.25) is 0 Å². The van der Waals surface area contributed by atoms with Gasteiger partial charge in [-0.15, -0.1) is 0 Å². The molecule has 158 valence electrons. The third kappa shape index (κ3) is 5.50. The van der Waals surface area contributed by atoms with E-state index in [9.17, 15) is 4.79 Å². The van der Waals surface area contributed by atoms with Gasteiger partial charge in [0.05, 0.1) is 26.5 Å². The molecule has 7 heteroatoms. The second-order valence-electron chi connectivity index (χ2n) is 7.93. The fourth-order valence-corrected chi connectivity index (χ4v) is 3.89. The number of imidazole rings is 1. The van der Waals surface area contributed by atoms with Crippen molar-refractivity contribution >= 4 is 11.6 Å². The van der Waals surface area contributed by atoms with Crippen LogP contribution in [-0.2, 0) is 11.3 Å². The molecule has 1 aliphatic heterocycles. The Kier molecular flexibility index (Phi) is 7.14. The number of hydrogen-bond acceptors (Lipinski definition) is 5. The van der Waals surface area contributed by atoms with Gasteiger partial charge in [0, 0.05) is 30.9 Å². The summed E-state index contributed by atoms with van der Waals surface area (Å²) in [6, 6.07) is 5.38. The highest BCUT2D eigenvalue weighted by Crippen LogP contribution is 2.29. The predicted octanol–water partition coefficient (Wildman–Crippen LogP) is 3.37. The number of ether oxygens (including phenoxy) is 2. The monoisotopic (exact) mass is 400 g/mol. The zero-order valence-corrected chi connectivity index (χ0v) is 17.9. The number of carbonyl (C=O) groups is 1. The van der Waals surface area contributed by atoms with Crippen LogP contribution in [0, 0.1) is 5.92 Å². The second-order valence-corrected chi connectivity index (χ2v) is 7.93. The maximum absolute atomic E-state index is 12.5. The van der Waals surface area contributed by atoms with Crippen molar-refractivity contribution in [1.29, 1.82) is 0 Å². The van der Waals surface area contributed by atoms with E-state index in [1.165, 1.54) is 0 Å². The van der Waals surface area contributed by atoms with Crippen LogP contribution in [0.1, 0.15) is 38.4 Å². The van der Waals surface area contributed by atoms with Crippen LogP contribution in [-0.4, -0.2) is 54.2 Å². The number of amides is 1. The minimum absolute atomic E-state index is 0.0355. The molecule has 1 N–H and O–H groups in total. The molecule has 3 rings (SSSR count). The Morgan fingerprint density at radius 1 is 1.24 bits per heavy atom. The summed E-state index contributed by atoms with van der Waals surface area (Å²) in [5, 5.41) is 2.95. The van der Waals surface area contributed by atoms with Crippen LogP contribution in [0.3, 0.4) is 0 Å². The molecule has 0 spiro atoms. The Hall–Kier alpha value is -2.54. The SMILES string of the molecule is COc1ccc(OC)c(NC(=O)CN2CCC(Cn3ccnc3C(C)C)CC2)c1. The molecule has 1 amide bonds. The number of nitrogens with one attached hydrogen (secondary N) is 1. The summed E-state index contributed by atoms with van der Waals surface area (Å²) in [5.41, 5.74) is 0.632. The minimum Gasteiger partial charge on any atom is -0.497 e. The Morgan fingerprint density at radius 2 is 2.00 bits per heavy atom. The Morgan fingerprint density at radius 3 is 2.66 bits per heavy atom. The molecule has 2 aromatic rings.